The van der Waals surface area contributed by atoms with Crippen LogP contribution >= 0.6 is 0 Å². The zero-order chi connectivity index (χ0) is 19.5. The number of hydrogen-bond donors (Lipinski definition) is 1. The molecule has 2 aliphatic rings. The summed E-state index contributed by atoms with van der Waals surface area (Å²) in [6.45, 7) is 8.47. The van der Waals surface area contributed by atoms with Crippen LogP contribution in [0.4, 0.5) is 10.6 Å². The Bertz CT molecular complexity index is 800. The van der Waals surface area contributed by atoms with E-state index in [1.807, 2.05) is 35.0 Å². The predicted octanol–water partition coefficient (Wildman–Crippen LogP) is 3.30. The average Bonchev–Trinajstić information content (AvgIpc) is 3.51. The number of rotatable bonds is 5. The summed E-state index contributed by atoms with van der Waals surface area (Å²) >= 11 is 0. The molecule has 1 saturated heterocycles. The second kappa shape index (κ2) is 8.31. The molecule has 150 valence electrons. The number of carbonyl (C=O) groups is 1. The summed E-state index contributed by atoms with van der Waals surface area (Å²) in [5, 5.41) is 7.67. The number of pyridine rings is 1. The zero-order valence-corrected chi connectivity index (χ0v) is 16.8. The van der Waals surface area contributed by atoms with Gasteiger partial charge in [0.25, 0.3) is 0 Å². The minimum absolute atomic E-state index is 0.0175. The van der Waals surface area contributed by atoms with Crippen LogP contribution in [-0.4, -0.2) is 56.8 Å². The first kappa shape index (κ1) is 18.9. The van der Waals surface area contributed by atoms with Crippen LogP contribution in [0, 0.1) is 12.8 Å². The monoisotopic (exact) mass is 382 g/mol. The summed E-state index contributed by atoms with van der Waals surface area (Å²) in [5.41, 5.74) is 2.24. The summed E-state index contributed by atoms with van der Waals surface area (Å²) in [5.74, 6) is 1.54. The standard InChI is InChI=1S/C21H30N6O/c1-16-13-23-27(17(2)19-6-7-19)20(16)24-21(28)26-10-4-9-25(11-12-26)15-18-5-3-8-22-14-18/h3,5,8,13-14,17,19H,4,6-7,9-12,15H2,1-2H3,(H,24,28). The molecule has 1 unspecified atom stereocenters. The number of urea groups is 1. The molecule has 4 rings (SSSR count). The lowest BCUT2D eigenvalue weighted by atomic mass is 10.2. The Balaban J connectivity index is 1.36. The highest BCUT2D eigenvalue weighted by Crippen LogP contribution is 2.40. The van der Waals surface area contributed by atoms with Crippen molar-refractivity contribution in [3.63, 3.8) is 0 Å². The Morgan fingerprint density at radius 3 is 2.86 bits per heavy atom. The van der Waals surface area contributed by atoms with Crippen molar-refractivity contribution in [3.8, 4) is 0 Å². The van der Waals surface area contributed by atoms with E-state index in [1.165, 1.54) is 18.4 Å². The molecule has 0 radical (unpaired) electrons. The van der Waals surface area contributed by atoms with E-state index >= 15 is 0 Å². The molecule has 1 aliphatic carbocycles. The molecule has 1 saturated carbocycles. The van der Waals surface area contributed by atoms with Crippen LogP contribution in [0.25, 0.3) is 0 Å². The number of anilines is 1. The van der Waals surface area contributed by atoms with E-state index in [-0.39, 0.29) is 6.03 Å². The van der Waals surface area contributed by atoms with Crippen LogP contribution in [0.15, 0.2) is 30.7 Å². The van der Waals surface area contributed by atoms with Crippen LogP contribution in [0.2, 0.25) is 0 Å². The number of nitrogens with one attached hydrogen (secondary N) is 1. The van der Waals surface area contributed by atoms with E-state index in [9.17, 15) is 4.79 Å². The maximum absolute atomic E-state index is 12.9. The predicted molar refractivity (Wildman–Crippen MR) is 109 cm³/mol. The van der Waals surface area contributed by atoms with E-state index in [1.54, 1.807) is 6.20 Å². The number of amides is 2. The van der Waals surface area contributed by atoms with Crippen LogP contribution < -0.4 is 5.32 Å². The van der Waals surface area contributed by atoms with Crippen molar-refractivity contribution in [2.45, 2.75) is 45.7 Å². The molecular weight excluding hydrogens is 352 g/mol. The van der Waals surface area contributed by atoms with Gasteiger partial charge < -0.3 is 4.90 Å². The molecule has 2 aromatic heterocycles. The van der Waals surface area contributed by atoms with Gasteiger partial charge in [-0.25, -0.2) is 9.48 Å². The molecule has 3 heterocycles. The van der Waals surface area contributed by atoms with Crippen LogP contribution in [0.5, 0.6) is 0 Å². The number of aromatic nitrogens is 3. The summed E-state index contributed by atoms with van der Waals surface area (Å²) in [6, 6.07) is 4.40. The van der Waals surface area contributed by atoms with E-state index in [2.05, 4.69) is 33.3 Å². The van der Waals surface area contributed by atoms with Crippen LogP contribution in [-0.2, 0) is 6.54 Å². The van der Waals surface area contributed by atoms with Gasteiger partial charge in [0.2, 0.25) is 0 Å². The fourth-order valence-electron chi connectivity index (χ4n) is 3.95. The summed E-state index contributed by atoms with van der Waals surface area (Å²) < 4.78 is 2.00. The highest BCUT2D eigenvalue weighted by atomic mass is 16.2. The second-order valence-corrected chi connectivity index (χ2v) is 8.11. The van der Waals surface area contributed by atoms with Crippen molar-refractivity contribution in [3.05, 3.63) is 41.9 Å². The molecule has 0 aromatic carbocycles. The SMILES string of the molecule is Cc1cnn(C(C)C2CC2)c1NC(=O)N1CCCN(Cc2cccnc2)CC1. The van der Waals surface area contributed by atoms with E-state index in [0.29, 0.717) is 12.0 Å². The highest BCUT2D eigenvalue weighted by Gasteiger charge is 2.31. The fourth-order valence-corrected chi connectivity index (χ4v) is 3.95. The van der Waals surface area contributed by atoms with Gasteiger partial charge in [0.15, 0.2) is 0 Å². The molecule has 28 heavy (non-hydrogen) atoms. The van der Waals surface area contributed by atoms with Gasteiger partial charge in [-0.1, -0.05) is 6.07 Å². The molecule has 2 fully saturated rings. The molecule has 1 atom stereocenters. The number of nitrogens with zero attached hydrogens (tertiary/aromatic N) is 5. The van der Waals surface area contributed by atoms with E-state index in [4.69, 9.17) is 0 Å². The Morgan fingerprint density at radius 2 is 2.11 bits per heavy atom. The van der Waals surface area contributed by atoms with Crippen LogP contribution in [0.3, 0.4) is 0 Å². The number of aryl methyl sites for hydroxylation is 1. The Kier molecular flexibility index (Phi) is 5.62. The van der Waals surface area contributed by atoms with Crippen molar-refractivity contribution in [2.24, 2.45) is 5.92 Å². The molecular formula is C21H30N6O. The van der Waals surface area contributed by atoms with Crippen LogP contribution in [0.1, 0.15) is 43.4 Å². The van der Waals surface area contributed by atoms with Gasteiger partial charge in [-0.05, 0) is 50.7 Å². The second-order valence-electron chi connectivity index (χ2n) is 8.11. The van der Waals surface area contributed by atoms with Gasteiger partial charge in [0.05, 0.1) is 12.2 Å². The van der Waals surface area contributed by atoms with E-state index < -0.39 is 0 Å². The quantitative estimate of drug-likeness (QED) is 0.862. The van der Waals surface area contributed by atoms with Crippen molar-refractivity contribution in [2.75, 3.05) is 31.5 Å². The molecule has 0 spiro atoms. The number of carbonyl (C=O) groups excluding carboxylic acids is 1. The van der Waals surface area contributed by atoms with Gasteiger partial charge >= 0.3 is 6.03 Å². The topological polar surface area (TPSA) is 66.3 Å². The molecule has 0 bridgehead atoms. The van der Waals surface area contributed by atoms with Gasteiger partial charge in [0, 0.05) is 50.7 Å². The highest BCUT2D eigenvalue weighted by molar-refractivity contribution is 5.89. The summed E-state index contributed by atoms with van der Waals surface area (Å²) in [4.78, 5) is 21.5. The lowest BCUT2D eigenvalue weighted by Gasteiger charge is -2.23. The molecule has 1 N–H and O–H groups in total. The Labute approximate surface area is 166 Å². The third-order valence-corrected chi connectivity index (χ3v) is 5.90. The van der Waals surface area contributed by atoms with Gasteiger partial charge in [-0.2, -0.15) is 5.10 Å². The first-order valence-electron chi connectivity index (χ1n) is 10.3. The Morgan fingerprint density at radius 1 is 1.25 bits per heavy atom. The minimum atomic E-state index is -0.0175. The molecule has 2 aromatic rings. The fraction of sp³-hybridized carbons (Fsp3) is 0.571. The van der Waals surface area contributed by atoms with Crippen molar-refractivity contribution in [1.82, 2.24) is 24.6 Å². The first-order chi connectivity index (χ1) is 13.6. The lowest BCUT2D eigenvalue weighted by Crippen LogP contribution is -2.38. The minimum Gasteiger partial charge on any atom is -0.323 e. The molecule has 7 heteroatoms. The summed E-state index contributed by atoms with van der Waals surface area (Å²) in [7, 11) is 0. The molecule has 1 aliphatic heterocycles. The first-order valence-corrected chi connectivity index (χ1v) is 10.3. The maximum Gasteiger partial charge on any atom is 0.323 e. The summed E-state index contributed by atoms with van der Waals surface area (Å²) in [6.07, 6.45) is 9.06. The lowest BCUT2D eigenvalue weighted by molar-refractivity contribution is 0.210. The molecule has 7 nitrogen and oxygen atoms in total. The van der Waals surface area contributed by atoms with Crippen molar-refractivity contribution < 1.29 is 4.79 Å². The normalized spacial score (nSPS) is 19.3. The largest absolute Gasteiger partial charge is 0.323 e. The van der Waals surface area contributed by atoms with Crippen molar-refractivity contribution >= 4 is 11.8 Å². The third kappa shape index (κ3) is 4.35. The van der Waals surface area contributed by atoms with Crippen molar-refractivity contribution in [1.29, 1.82) is 0 Å². The number of hydrogen-bond acceptors (Lipinski definition) is 4. The van der Waals surface area contributed by atoms with Gasteiger partial charge in [-0.3, -0.25) is 15.2 Å². The smallest absolute Gasteiger partial charge is 0.323 e. The molecule has 2 amide bonds. The Hall–Kier alpha value is -2.41. The van der Waals surface area contributed by atoms with Gasteiger partial charge in [0.1, 0.15) is 5.82 Å². The van der Waals surface area contributed by atoms with Gasteiger partial charge in [-0.15, -0.1) is 0 Å². The maximum atomic E-state index is 12.9. The average molecular weight is 383 g/mol. The van der Waals surface area contributed by atoms with E-state index in [0.717, 1.165) is 50.5 Å². The zero-order valence-electron chi connectivity index (χ0n) is 16.8. The third-order valence-electron chi connectivity index (χ3n) is 5.90.